The lowest BCUT2D eigenvalue weighted by Gasteiger charge is -1.93. The van der Waals surface area contributed by atoms with Gasteiger partial charge in [-0.1, -0.05) is 6.07 Å². The van der Waals surface area contributed by atoms with E-state index in [1.54, 1.807) is 10.7 Å². The molecule has 0 unspecified atom stereocenters. The average molecular weight is 289 g/mol. The van der Waals surface area contributed by atoms with Gasteiger partial charge in [0.15, 0.2) is 0 Å². The minimum atomic E-state index is -4.92. The van der Waals surface area contributed by atoms with Crippen LogP contribution in [0.3, 0.4) is 0 Å². The summed E-state index contributed by atoms with van der Waals surface area (Å²) >= 11 is 0. The highest BCUT2D eigenvalue weighted by Crippen LogP contribution is 2.13. The van der Waals surface area contributed by atoms with Gasteiger partial charge in [-0.3, -0.25) is 4.55 Å². The smallest absolute Gasteiger partial charge is 0.308 e. The molecule has 1 aromatic heterocycles. The molecule has 0 aliphatic heterocycles. The molecule has 0 atom stereocenters. The molecule has 0 aliphatic carbocycles. The number of hydrogen-bond donors (Lipinski definition) is 1. The minimum absolute atomic E-state index is 0.242. The number of aromatic nitrogens is 3. The topological polar surface area (TPSA) is 99.1 Å². The molecule has 0 radical (unpaired) electrons. The van der Waals surface area contributed by atoms with Crippen molar-refractivity contribution in [3.8, 4) is 11.4 Å². The van der Waals surface area contributed by atoms with E-state index in [9.17, 15) is 4.39 Å². The van der Waals surface area contributed by atoms with E-state index < -0.39 is 10.4 Å². The van der Waals surface area contributed by atoms with Crippen LogP contribution < -0.4 is 4.57 Å². The van der Waals surface area contributed by atoms with Gasteiger partial charge in [-0.05, 0) is 18.2 Å². The zero-order valence-electron chi connectivity index (χ0n) is 10.2. The number of hydrogen-bond acceptors (Lipinski definition) is 4. The van der Waals surface area contributed by atoms with Gasteiger partial charge in [-0.15, -0.1) is 4.68 Å². The summed E-state index contributed by atoms with van der Waals surface area (Å²) < 4.78 is 49.3. The van der Waals surface area contributed by atoms with Crippen molar-refractivity contribution in [3.05, 3.63) is 36.4 Å². The summed E-state index contributed by atoms with van der Waals surface area (Å²) in [5, 5.41) is 4.23. The molecule has 2 aromatic rings. The number of aryl methyl sites for hydroxylation is 2. The van der Waals surface area contributed by atoms with Crippen LogP contribution in [0.2, 0.25) is 0 Å². The van der Waals surface area contributed by atoms with E-state index in [1.165, 1.54) is 12.1 Å². The largest absolute Gasteiger partial charge is 0.726 e. The maximum absolute atomic E-state index is 12.9. The van der Waals surface area contributed by atoms with Gasteiger partial charge in [0.1, 0.15) is 5.82 Å². The molecule has 104 valence electrons. The zero-order chi connectivity index (χ0) is 14.6. The normalized spacial score (nSPS) is 10.8. The van der Waals surface area contributed by atoms with Crippen molar-refractivity contribution in [1.82, 2.24) is 9.78 Å². The van der Waals surface area contributed by atoms with Crippen molar-refractivity contribution < 1.29 is 26.5 Å². The number of nitrogens with zero attached hydrogens (tertiary/aromatic N) is 3. The first kappa shape index (κ1) is 15.2. The van der Waals surface area contributed by atoms with Gasteiger partial charge in [0.05, 0.1) is 19.7 Å². The van der Waals surface area contributed by atoms with Crippen LogP contribution in [-0.2, 0) is 24.5 Å². The molecule has 7 nitrogen and oxygen atoms in total. The highest BCUT2D eigenvalue weighted by molar-refractivity contribution is 7.79. The number of halogens is 1. The maximum atomic E-state index is 12.9. The molecule has 0 aliphatic rings. The summed E-state index contributed by atoms with van der Waals surface area (Å²) in [4.78, 5) is 0. The van der Waals surface area contributed by atoms with Gasteiger partial charge in [0.2, 0.25) is 16.7 Å². The summed E-state index contributed by atoms with van der Waals surface area (Å²) in [6.07, 6.45) is 1.83. The highest BCUT2D eigenvalue weighted by Gasteiger charge is 2.14. The van der Waals surface area contributed by atoms with Crippen LogP contribution in [0.5, 0.6) is 0 Å². The van der Waals surface area contributed by atoms with Crippen molar-refractivity contribution in [3.63, 3.8) is 0 Å². The first-order valence-electron chi connectivity index (χ1n) is 5.00. The molecule has 0 bridgehead atoms. The van der Waals surface area contributed by atoms with E-state index in [4.69, 9.17) is 17.5 Å². The van der Waals surface area contributed by atoms with Gasteiger partial charge in [-0.2, -0.15) is 0 Å². The minimum Gasteiger partial charge on any atom is -0.726 e. The fraction of sp³-hybridized carbons (Fsp3) is 0.200. The Balaban J connectivity index is 0.000000312. The van der Waals surface area contributed by atoms with Crippen molar-refractivity contribution in [2.24, 2.45) is 14.1 Å². The third-order valence-electron chi connectivity index (χ3n) is 2.01. The first-order chi connectivity index (χ1) is 8.66. The van der Waals surface area contributed by atoms with E-state index in [1.807, 2.05) is 31.1 Å². The summed E-state index contributed by atoms with van der Waals surface area (Å²) in [7, 11) is -1.20. The molecule has 9 heteroatoms. The summed E-state index contributed by atoms with van der Waals surface area (Å²) in [6, 6.07) is 6.42. The average Bonchev–Trinajstić information content (AvgIpc) is 2.55. The molecule has 2 rings (SSSR count). The standard InChI is InChI=1S/C10H11FN3.H2O4S/c1-13-7-14(2)12-10(13)8-4-3-5-9(11)6-8;1-5(2,3)4/h3-7H,1-2H3;(H2,1,2,3,4)/q+1;/p-1. The van der Waals surface area contributed by atoms with Crippen LogP contribution in [0.25, 0.3) is 11.4 Å². The number of benzene rings is 1. The molecule has 0 spiro atoms. The van der Waals surface area contributed by atoms with E-state index in [0.717, 1.165) is 11.4 Å². The lowest BCUT2D eigenvalue weighted by molar-refractivity contribution is -0.661. The van der Waals surface area contributed by atoms with Gasteiger partial charge in [0, 0.05) is 5.10 Å². The molecule has 0 saturated carbocycles. The number of rotatable bonds is 1. The Morgan fingerprint density at radius 2 is 2.05 bits per heavy atom. The molecule has 0 saturated heterocycles. The molecular formula is C10H12FN3O4S. The second-order valence-corrected chi connectivity index (χ2v) is 4.52. The first-order valence-corrected chi connectivity index (χ1v) is 6.37. The molecular weight excluding hydrogens is 277 g/mol. The second kappa shape index (κ2) is 5.87. The predicted octanol–water partition coefficient (Wildman–Crippen LogP) is 0.0553. The van der Waals surface area contributed by atoms with Crippen molar-refractivity contribution in [1.29, 1.82) is 0 Å². The Labute approximate surface area is 109 Å². The van der Waals surface area contributed by atoms with E-state index in [2.05, 4.69) is 5.10 Å². The Morgan fingerprint density at radius 3 is 2.47 bits per heavy atom. The monoisotopic (exact) mass is 289 g/mol. The predicted molar refractivity (Wildman–Crippen MR) is 62.1 cm³/mol. The fourth-order valence-corrected chi connectivity index (χ4v) is 1.44. The van der Waals surface area contributed by atoms with E-state index in [-0.39, 0.29) is 5.82 Å². The quantitative estimate of drug-likeness (QED) is 0.454. The van der Waals surface area contributed by atoms with Gasteiger partial charge < -0.3 is 4.55 Å². The van der Waals surface area contributed by atoms with Gasteiger partial charge in [0.25, 0.3) is 0 Å². The molecule has 19 heavy (non-hydrogen) atoms. The van der Waals surface area contributed by atoms with Crippen LogP contribution in [-0.4, -0.2) is 27.3 Å². The van der Waals surface area contributed by atoms with Crippen LogP contribution in [0.15, 0.2) is 30.6 Å². The summed E-state index contributed by atoms with van der Waals surface area (Å²) in [6.45, 7) is 0. The molecule has 0 fully saturated rings. The third-order valence-corrected chi connectivity index (χ3v) is 2.01. The molecule has 1 aromatic carbocycles. The summed E-state index contributed by atoms with van der Waals surface area (Å²) in [5.41, 5.74) is 0.785. The van der Waals surface area contributed by atoms with Crippen LogP contribution >= 0.6 is 0 Å². The summed E-state index contributed by atoms with van der Waals surface area (Å²) in [5.74, 6) is 0.514. The van der Waals surface area contributed by atoms with Gasteiger partial charge >= 0.3 is 5.82 Å². The van der Waals surface area contributed by atoms with Crippen molar-refractivity contribution in [2.45, 2.75) is 0 Å². The maximum Gasteiger partial charge on any atom is 0.308 e. The molecule has 1 N–H and O–H groups in total. The van der Waals surface area contributed by atoms with Crippen LogP contribution in [0.1, 0.15) is 0 Å². The Hall–Kier alpha value is -1.84. The van der Waals surface area contributed by atoms with Gasteiger partial charge in [-0.25, -0.2) is 17.4 Å². The Kier molecular flexibility index (Phi) is 4.70. The lowest BCUT2D eigenvalue weighted by Crippen LogP contribution is -2.27. The second-order valence-electron chi connectivity index (χ2n) is 3.66. The van der Waals surface area contributed by atoms with Crippen LogP contribution in [0, 0.1) is 5.82 Å². The fourth-order valence-electron chi connectivity index (χ4n) is 1.44. The van der Waals surface area contributed by atoms with Crippen molar-refractivity contribution in [2.75, 3.05) is 0 Å². The SMILES string of the molecule is Cn1c[n+](C)c(-c2cccc(F)c2)n1.O=S(=O)([O-])O. The Morgan fingerprint density at radius 1 is 1.47 bits per heavy atom. The highest BCUT2D eigenvalue weighted by atomic mass is 32.3. The molecule has 1 heterocycles. The van der Waals surface area contributed by atoms with Crippen molar-refractivity contribution >= 4 is 10.4 Å². The molecule has 0 amide bonds. The third kappa shape index (κ3) is 5.55. The van der Waals surface area contributed by atoms with E-state index >= 15 is 0 Å². The Bertz CT molecular complexity index is 661. The van der Waals surface area contributed by atoms with Crippen LogP contribution in [0.4, 0.5) is 4.39 Å². The zero-order valence-corrected chi connectivity index (χ0v) is 11.0. The van der Waals surface area contributed by atoms with E-state index in [0.29, 0.717) is 0 Å². The lowest BCUT2D eigenvalue weighted by atomic mass is 10.2.